The fourth-order valence-corrected chi connectivity index (χ4v) is 3.63. The summed E-state index contributed by atoms with van der Waals surface area (Å²) in [7, 11) is 0. The predicted octanol–water partition coefficient (Wildman–Crippen LogP) is 2.06. The van der Waals surface area contributed by atoms with Crippen LogP contribution in [-0.4, -0.2) is 50.6 Å². The van der Waals surface area contributed by atoms with Crippen LogP contribution in [0.4, 0.5) is 10.1 Å². The second kappa shape index (κ2) is 11.1. The number of anilines is 1. The summed E-state index contributed by atoms with van der Waals surface area (Å²) in [5, 5.41) is 20.5. The van der Waals surface area contributed by atoms with Crippen LogP contribution in [0.3, 0.4) is 0 Å². The van der Waals surface area contributed by atoms with E-state index in [0.29, 0.717) is 22.3 Å². The number of carboxylic acid groups (broad SMARTS) is 2. The standard InChI is InChI=1S/C25H23FN4O6/c1-3-10-30(13-15-4-6-19-17(11-15)24(34)28-14(2)27-19)21-8-5-16(12-18(21)26)23(33)29-20(25(35)36)7-9-22(31)32/h1,4-6,8,11-12,20H,7,9-10,13H2,2H3,(H,29,33)(H,31,32)(H,35,36)(H,27,28,34)/t20-/m0/s1. The number of aliphatic carboxylic acids is 2. The molecule has 0 unspecified atom stereocenters. The van der Waals surface area contributed by atoms with Gasteiger partial charge in [0.05, 0.1) is 23.1 Å². The van der Waals surface area contributed by atoms with Gasteiger partial charge in [0, 0.05) is 18.5 Å². The highest BCUT2D eigenvalue weighted by Crippen LogP contribution is 2.23. The number of rotatable bonds is 10. The quantitative estimate of drug-likeness (QED) is 0.313. The lowest BCUT2D eigenvalue weighted by atomic mass is 10.1. The van der Waals surface area contributed by atoms with Gasteiger partial charge in [-0.15, -0.1) is 6.42 Å². The topological polar surface area (TPSA) is 153 Å². The predicted molar refractivity (Wildman–Crippen MR) is 129 cm³/mol. The van der Waals surface area contributed by atoms with E-state index < -0.39 is 36.1 Å². The molecule has 1 aromatic heterocycles. The lowest BCUT2D eigenvalue weighted by molar-refractivity contribution is -0.140. The number of carbonyl (C=O) groups excluding carboxylic acids is 1. The highest BCUT2D eigenvalue weighted by Gasteiger charge is 2.23. The lowest BCUT2D eigenvalue weighted by Gasteiger charge is -2.24. The molecule has 10 nitrogen and oxygen atoms in total. The molecule has 0 spiro atoms. The van der Waals surface area contributed by atoms with Gasteiger partial charge in [-0.05, 0) is 49.2 Å². The van der Waals surface area contributed by atoms with Crippen LogP contribution in [0.15, 0.2) is 41.2 Å². The normalized spacial score (nSPS) is 11.5. The van der Waals surface area contributed by atoms with Crippen LogP contribution in [0.5, 0.6) is 0 Å². The summed E-state index contributed by atoms with van der Waals surface area (Å²) in [6.45, 7) is 1.86. The molecule has 0 saturated heterocycles. The highest BCUT2D eigenvalue weighted by molar-refractivity contribution is 5.97. The molecule has 0 fully saturated rings. The molecule has 2 aromatic carbocycles. The third kappa shape index (κ3) is 6.24. The minimum absolute atomic E-state index is 0.0271. The summed E-state index contributed by atoms with van der Waals surface area (Å²) < 4.78 is 15.0. The van der Waals surface area contributed by atoms with E-state index >= 15 is 4.39 Å². The van der Waals surface area contributed by atoms with E-state index in [1.54, 1.807) is 30.0 Å². The van der Waals surface area contributed by atoms with Crippen LogP contribution >= 0.6 is 0 Å². The van der Waals surface area contributed by atoms with Gasteiger partial charge in [0.1, 0.15) is 17.7 Å². The second-order valence-electron chi connectivity index (χ2n) is 8.03. The van der Waals surface area contributed by atoms with Crippen LogP contribution < -0.4 is 15.8 Å². The number of terminal acetylenes is 1. The van der Waals surface area contributed by atoms with E-state index in [2.05, 4.69) is 21.2 Å². The number of benzene rings is 2. The Morgan fingerprint density at radius 1 is 1.22 bits per heavy atom. The number of hydrogen-bond donors (Lipinski definition) is 4. The molecular weight excluding hydrogens is 471 g/mol. The van der Waals surface area contributed by atoms with Crippen molar-refractivity contribution in [3.05, 3.63) is 69.5 Å². The van der Waals surface area contributed by atoms with E-state index in [0.717, 1.165) is 6.07 Å². The summed E-state index contributed by atoms with van der Waals surface area (Å²) in [5.74, 6) is -1.30. The molecule has 4 N–H and O–H groups in total. The third-order valence-electron chi connectivity index (χ3n) is 5.34. The first kappa shape index (κ1) is 25.9. The zero-order chi connectivity index (χ0) is 26.4. The summed E-state index contributed by atoms with van der Waals surface area (Å²) in [6, 6.07) is 7.24. The van der Waals surface area contributed by atoms with Crippen molar-refractivity contribution in [1.82, 2.24) is 15.3 Å². The van der Waals surface area contributed by atoms with Crippen molar-refractivity contribution >= 4 is 34.4 Å². The number of nitrogens with one attached hydrogen (secondary N) is 2. The molecule has 0 saturated carbocycles. The monoisotopic (exact) mass is 494 g/mol. The maximum absolute atomic E-state index is 15.0. The zero-order valence-corrected chi connectivity index (χ0v) is 19.2. The first-order valence-corrected chi connectivity index (χ1v) is 10.8. The third-order valence-corrected chi connectivity index (χ3v) is 5.34. The van der Waals surface area contributed by atoms with Gasteiger partial charge in [-0.2, -0.15) is 0 Å². The van der Waals surface area contributed by atoms with Gasteiger partial charge in [-0.25, -0.2) is 14.2 Å². The van der Waals surface area contributed by atoms with E-state index in [4.69, 9.17) is 11.5 Å². The van der Waals surface area contributed by atoms with Crippen molar-refractivity contribution in [2.24, 2.45) is 0 Å². The smallest absolute Gasteiger partial charge is 0.326 e. The summed E-state index contributed by atoms with van der Waals surface area (Å²) >= 11 is 0. The maximum atomic E-state index is 15.0. The first-order valence-electron chi connectivity index (χ1n) is 10.8. The molecular formula is C25H23FN4O6. The zero-order valence-electron chi connectivity index (χ0n) is 19.2. The van der Waals surface area contributed by atoms with Crippen molar-refractivity contribution in [1.29, 1.82) is 0 Å². The van der Waals surface area contributed by atoms with Gasteiger partial charge in [0.15, 0.2) is 0 Å². The van der Waals surface area contributed by atoms with Crippen molar-refractivity contribution in [3.63, 3.8) is 0 Å². The van der Waals surface area contributed by atoms with Gasteiger partial charge < -0.3 is 25.4 Å². The van der Waals surface area contributed by atoms with E-state index in [-0.39, 0.29) is 36.3 Å². The lowest BCUT2D eigenvalue weighted by Crippen LogP contribution is -2.41. The average Bonchev–Trinajstić information content (AvgIpc) is 2.81. The van der Waals surface area contributed by atoms with Crippen molar-refractivity contribution in [2.75, 3.05) is 11.4 Å². The van der Waals surface area contributed by atoms with Crippen LogP contribution in [0, 0.1) is 25.1 Å². The minimum Gasteiger partial charge on any atom is -0.481 e. The Morgan fingerprint density at radius 2 is 1.97 bits per heavy atom. The van der Waals surface area contributed by atoms with Gasteiger partial charge in [0.2, 0.25) is 0 Å². The van der Waals surface area contributed by atoms with E-state index in [9.17, 15) is 24.3 Å². The summed E-state index contributed by atoms with van der Waals surface area (Å²) in [4.78, 5) is 55.2. The number of aromatic amines is 1. The number of aryl methyl sites for hydroxylation is 1. The Morgan fingerprint density at radius 3 is 2.61 bits per heavy atom. The number of carbonyl (C=O) groups is 3. The Hall–Kier alpha value is -4.72. The van der Waals surface area contributed by atoms with Crippen molar-refractivity contribution in [2.45, 2.75) is 32.4 Å². The number of carboxylic acids is 2. The molecule has 0 aliphatic rings. The van der Waals surface area contributed by atoms with Gasteiger partial charge in [0.25, 0.3) is 11.5 Å². The number of halogens is 1. The van der Waals surface area contributed by atoms with E-state index in [1.165, 1.54) is 12.1 Å². The highest BCUT2D eigenvalue weighted by atomic mass is 19.1. The molecule has 0 aliphatic heterocycles. The fraction of sp³-hybridized carbons (Fsp3) is 0.240. The van der Waals surface area contributed by atoms with Crippen LogP contribution in [0.25, 0.3) is 10.9 Å². The molecule has 0 radical (unpaired) electrons. The number of fused-ring (bicyclic) bond motifs is 1. The van der Waals surface area contributed by atoms with Crippen LogP contribution in [-0.2, 0) is 16.1 Å². The number of nitrogens with zero attached hydrogens (tertiary/aromatic N) is 2. The molecule has 1 atom stereocenters. The number of hydrogen-bond acceptors (Lipinski definition) is 6. The summed E-state index contributed by atoms with van der Waals surface area (Å²) in [5.41, 5.74) is 0.858. The van der Waals surface area contributed by atoms with Gasteiger partial charge in [-0.1, -0.05) is 12.0 Å². The molecule has 1 heterocycles. The van der Waals surface area contributed by atoms with Crippen LogP contribution in [0.2, 0.25) is 0 Å². The Balaban J connectivity index is 1.82. The van der Waals surface area contributed by atoms with Crippen LogP contribution in [0.1, 0.15) is 34.6 Å². The summed E-state index contributed by atoms with van der Waals surface area (Å²) in [6.07, 6.45) is 4.69. The van der Waals surface area contributed by atoms with Gasteiger partial charge in [-0.3, -0.25) is 14.4 Å². The second-order valence-corrected chi connectivity index (χ2v) is 8.03. The SMILES string of the molecule is C#CCN(Cc1ccc2nc(C)[nH]c(=O)c2c1)c1ccc(C(=O)N[C@@H](CCC(=O)O)C(=O)O)cc1F. The maximum Gasteiger partial charge on any atom is 0.326 e. The molecule has 3 rings (SSSR count). The molecule has 1 amide bonds. The first-order chi connectivity index (χ1) is 17.1. The molecule has 3 aromatic rings. The molecule has 186 valence electrons. The average molecular weight is 494 g/mol. The Kier molecular flexibility index (Phi) is 8.01. The molecule has 36 heavy (non-hydrogen) atoms. The number of aromatic nitrogens is 2. The molecule has 11 heteroatoms. The van der Waals surface area contributed by atoms with Gasteiger partial charge >= 0.3 is 11.9 Å². The number of amides is 1. The van der Waals surface area contributed by atoms with Crippen molar-refractivity contribution < 1.29 is 29.0 Å². The Labute approximate surface area is 204 Å². The van der Waals surface area contributed by atoms with Crippen molar-refractivity contribution in [3.8, 4) is 12.3 Å². The fourth-order valence-electron chi connectivity index (χ4n) is 3.63. The largest absolute Gasteiger partial charge is 0.481 e. The minimum atomic E-state index is -1.44. The van der Waals surface area contributed by atoms with E-state index in [1.807, 2.05) is 0 Å². The number of H-pyrrole nitrogens is 1. The molecule has 0 aliphatic carbocycles. The molecule has 0 bridgehead atoms. The Bertz CT molecular complexity index is 1430.